The summed E-state index contributed by atoms with van der Waals surface area (Å²) in [7, 11) is 1.56. The average Bonchev–Trinajstić information content (AvgIpc) is 3.66. The van der Waals surface area contributed by atoms with Gasteiger partial charge in [0.15, 0.2) is 0 Å². The molecule has 5 rings (SSSR count). The van der Waals surface area contributed by atoms with Gasteiger partial charge in [-0.2, -0.15) is 5.26 Å². The number of halogens is 1. The van der Waals surface area contributed by atoms with E-state index in [2.05, 4.69) is 64.5 Å². The number of carbonyl (C=O) groups excluding carboxylic acids is 4. The molecule has 0 radical (unpaired) electrons. The molecule has 4 amide bonds. The quantitative estimate of drug-likeness (QED) is 0.255. The van der Waals surface area contributed by atoms with Crippen LogP contribution in [0.15, 0.2) is 36.5 Å². The van der Waals surface area contributed by atoms with E-state index < -0.39 is 17.5 Å². The number of hydrogen-bond donors (Lipinski definition) is 3. The van der Waals surface area contributed by atoms with Gasteiger partial charge in [0.2, 0.25) is 17.7 Å². The second-order valence-electron chi connectivity index (χ2n) is 17.3. The lowest BCUT2D eigenvalue weighted by Gasteiger charge is -2.63. The van der Waals surface area contributed by atoms with Crippen LogP contribution in [0, 0.1) is 27.6 Å². The molecular weight excluding hydrogens is 736 g/mol. The van der Waals surface area contributed by atoms with E-state index in [1.165, 1.54) is 0 Å². The second kappa shape index (κ2) is 17.4. The fourth-order valence-electron chi connectivity index (χ4n) is 8.56. The zero-order valence-corrected chi connectivity index (χ0v) is 34.7. The molecule has 2 atom stereocenters. The summed E-state index contributed by atoms with van der Waals surface area (Å²) >= 11 is 6.23. The molecule has 0 spiro atoms. The molecule has 3 heterocycles. The molecule has 1 aliphatic carbocycles. The van der Waals surface area contributed by atoms with E-state index in [9.17, 15) is 24.4 Å². The monoisotopic (exact) mass is 792 g/mol. The highest BCUT2D eigenvalue weighted by atomic mass is 35.5. The van der Waals surface area contributed by atoms with E-state index in [4.69, 9.17) is 21.1 Å². The summed E-state index contributed by atoms with van der Waals surface area (Å²) in [5.41, 5.74) is -0.454. The van der Waals surface area contributed by atoms with E-state index in [0.29, 0.717) is 48.0 Å². The molecule has 3 N–H and O–H groups in total. The largest absolute Gasteiger partial charge is 0.489 e. The van der Waals surface area contributed by atoms with Gasteiger partial charge in [0.1, 0.15) is 42.4 Å². The number of likely N-dealkylation sites (tertiary alicyclic amines) is 1. The molecule has 15 heteroatoms. The van der Waals surface area contributed by atoms with Gasteiger partial charge in [-0.3, -0.25) is 24.1 Å². The number of hydrogen-bond acceptors (Lipinski definition) is 10. The van der Waals surface area contributed by atoms with Gasteiger partial charge in [0, 0.05) is 75.5 Å². The van der Waals surface area contributed by atoms with Crippen LogP contribution in [0.25, 0.3) is 0 Å². The Morgan fingerprint density at radius 3 is 2.32 bits per heavy atom. The predicted octanol–water partition coefficient (Wildman–Crippen LogP) is 3.63. The standard InChI is InChI=1S/C41H57ClN8O6/c1-39(2,3)33(36(54)50-15-9-10-30(50)35(53)44-8)46-32(51)25-55-21-20-48-16-18-49(19-17-48)31-14-12-27(24-45-31)34(52)47-37-40(4,5)38(41(37,6)7)56-28-13-11-26(23-43)29(42)22-28/h11-14,22,24,30,33,37-38H,9-10,15-21,25H2,1-8H3,(H,44,53)(H,46,51)(H,47,52)/t30-,33-,37?,38?/m1/s1. The number of aromatic nitrogens is 1. The number of amides is 4. The number of nitriles is 1. The first-order valence-electron chi connectivity index (χ1n) is 19.4. The highest BCUT2D eigenvalue weighted by Gasteiger charge is 2.64. The Morgan fingerprint density at radius 2 is 1.73 bits per heavy atom. The minimum atomic E-state index is -0.785. The van der Waals surface area contributed by atoms with Crippen molar-refractivity contribution in [2.75, 3.05) is 64.4 Å². The smallest absolute Gasteiger partial charge is 0.253 e. The molecule has 3 fully saturated rings. The van der Waals surface area contributed by atoms with Crippen molar-refractivity contribution in [2.24, 2.45) is 16.2 Å². The van der Waals surface area contributed by atoms with Gasteiger partial charge in [-0.1, -0.05) is 60.1 Å². The van der Waals surface area contributed by atoms with Crippen LogP contribution in [0.4, 0.5) is 5.82 Å². The number of piperazine rings is 1. The van der Waals surface area contributed by atoms with Crippen LogP contribution >= 0.6 is 11.6 Å². The third kappa shape index (κ3) is 9.39. The highest BCUT2D eigenvalue weighted by molar-refractivity contribution is 6.31. The van der Waals surface area contributed by atoms with Gasteiger partial charge in [0.05, 0.1) is 22.8 Å². The van der Waals surface area contributed by atoms with Gasteiger partial charge >= 0.3 is 0 Å². The number of anilines is 1. The molecule has 3 aliphatic rings. The molecule has 0 unspecified atom stereocenters. The number of nitrogens with zero attached hydrogens (tertiary/aromatic N) is 5. The molecule has 56 heavy (non-hydrogen) atoms. The van der Waals surface area contributed by atoms with Crippen LogP contribution in [-0.4, -0.2) is 122 Å². The molecule has 2 aromatic rings. The summed E-state index contributed by atoms with van der Waals surface area (Å²) in [6.45, 7) is 18.3. The molecule has 2 saturated heterocycles. The summed E-state index contributed by atoms with van der Waals surface area (Å²) in [6.07, 6.45) is 2.76. The van der Waals surface area contributed by atoms with Gasteiger partial charge in [-0.25, -0.2) is 4.98 Å². The van der Waals surface area contributed by atoms with Gasteiger partial charge in [0.25, 0.3) is 5.91 Å². The number of rotatable bonds is 13. The number of ether oxygens (including phenoxy) is 2. The SMILES string of the molecule is CNC(=O)[C@H]1CCCN1C(=O)[C@@H](NC(=O)COCCN1CCN(c2ccc(C(=O)NC3C(C)(C)C(Oc4ccc(C#N)c(Cl)c4)C3(C)C)cn2)CC1)C(C)(C)C. The fourth-order valence-corrected chi connectivity index (χ4v) is 8.78. The summed E-state index contributed by atoms with van der Waals surface area (Å²) in [4.78, 5) is 62.8. The van der Waals surface area contributed by atoms with Crippen LogP contribution in [0.3, 0.4) is 0 Å². The van der Waals surface area contributed by atoms with Crippen molar-refractivity contribution in [3.05, 3.63) is 52.7 Å². The van der Waals surface area contributed by atoms with E-state index in [0.717, 1.165) is 38.4 Å². The molecule has 304 valence electrons. The average molecular weight is 793 g/mol. The molecular formula is C41H57ClN8O6. The van der Waals surface area contributed by atoms with Crippen molar-refractivity contribution in [3.63, 3.8) is 0 Å². The Bertz CT molecular complexity index is 1780. The third-order valence-corrected chi connectivity index (χ3v) is 11.7. The minimum absolute atomic E-state index is 0.165. The summed E-state index contributed by atoms with van der Waals surface area (Å²) in [5, 5.41) is 18.3. The Balaban J connectivity index is 1.04. The molecule has 1 aromatic heterocycles. The van der Waals surface area contributed by atoms with Crippen LogP contribution < -0.4 is 25.6 Å². The first-order valence-corrected chi connectivity index (χ1v) is 19.8. The van der Waals surface area contributed by atoms with Crippen LogP contribution in [-0.2, 0) is 19.1 Å². The van der Waals surface area contributed by atoms with Crippen molar-refractivity contribution >= 4 is 41.0 Å². The Hall–Kier alpha value is -4.45. The number of pyridine rings is 1. The van der Waals surface area contributed by atoms with Crippen LogP contribution in [0.1, 0.15) is 77.2 Å². The van der Waals surface area contributed by atoms with Gasteiger partial charge in [-0.15, -0.1) is 0 Å². The summed E-state index contributed by atoms with van der Waals surface area (Å²) in [5.74, 6) is 0.364. The Morgan fingerprint density at radius 1 is 1.04 bits per heavy atom. The van der Waals surface area contributed by atoms with Crippen LogP contribution in [0.2, 0.25) is 5.02 Å². The normalized spacial score (nSPS) is 22.3. The van der Waals surface area contributed by atoms with Crippen molar-refractivity contribution in [3.8, 4) is 11.8 Å². The zero-order valence-electron chi connectivity index (χ0n) is 33.9. The second-order valence-corrected chi connectivity index (χ2v) is 17.7. The lowest BCUT2D eigenvalue weighted by molar-refractivity contribution is -0.164. The zero-order chi connectivity index (χ0) is 41.0. The Kier molecular flexibility index (Phi) is 13.2. The third-order valence-electron chi connectivity index (χ3n) is 11.4. The maximum absolute atomic E-state index is 13.5. The maximum atomic E-state index is 13.5. The molecule has 1 saturated carbocycles. The van der Waals surface area contributed by atoms with Gasteiger partial charge in [-0.05, 0) is 42.5 Å². The summed E-state index contributed by atoms with van der Waals surface area (Å²) in [6, 6.07) is 9.31. The number of carbonyl (C=O) groups is 4. The minimum Gasteiger partial charge on any atom is -0.489 e. The van der Waals surface area contributed by atoms with Crippen LogP contribution in [0.5, 0.6) is 5.75 Å². The van der Waals surface area contributed by atoms with Gasteiger partial charge < -0.3 is 35.2 Å². The number of likely N-dealkylation sites (N-methyl/N-ethyl adjacent to an activating group) is 1. The van der Waals surface area contributed by atoms with Crippen molar-refractivity contribution < 1.29 is 28.7 Å². The highest BCUT2D eigenvalue weighted by Crippen LogP contribution is 2.55. The first-order chi connectivity index (χ1) is 26.4. The van der Waals surface area contributed by atoms with Crippen molar-refractivity contribution in [1.82, 2.24) is 30.7 Å². The topological polar surface area (TPSA) is 169 Å². The van der Waals surface area contributed by atoms with E-state index in [1.807, 2.05) is 26.8 Å². The lowest BCUT2D eigenvalue weighted by atomic mass is 9.49. The summed E-state index contributed by atoms with van der Waals surface area (Å²) < 4.78 is 12.1. The molecule has 1 aromatic carbocycles. The van der Waals surface area contributed by atoms with Crippen molar-refractivity contribution in [1.29, 1.82) is 5.26 Å². The number of benzene rings is 1. The fraction of sp³-hybridized carbons (Fsp3) is 0.610. The van der Waals surface area contributed by atoms with E-state index in [1.54, 1.807) is 42.4 Å². The molecule has 14 nitrogen and oxygen atoms in total. The van der Waals surface area contributed by atoms with E-state index >= 15 is 0 Å². The predicted molar refractivity (Wildman–Crippen MR) is 213 cm³/mol. The Labute approximate surface area is 335 Å². The maximum Gasteiger partial charge on any atom is 0.253 e. The van der Waals surface area contributed by atoms with Crippen molar-refractivity contribution in [2.45, 2.75) is 85.5 Å². The molecule has 2 aliphatic heterocycles. The first kappa shape index (κ1) is 42.7. The lowest BCUT2D eigenvalue weighted by Crippen LogP contribution is -2.74. The number of nitrogens with one attached hydrogen (secondary N) is 3. The van der Waals surface area contributed by atoms with E-state index in [-0.39, 0.29) is 53.2 Å². The molecule has 0 bridgehead atoms.